The number of aromatic amines is 1. The summed E-state index contributed by atoms with van der Waals surface area (Å²) in [4.78, 5) is 4.09. The van der Waals surface area contributed by atoms with E-state index in [1.54, 1.807) is 0 Å². The smallest absolute Gasteiger partial charge is 0.0960 e. The van der Waals surface area contributed by atoms with Crippen LogP contribution in [0.15, 0.2) is 48.8 Å². The first-order valence-corrected chi connectivity index (χ1v) is 7.24. The van der Waals surface area contributed by atoms with Gasteiger partial charge < -0.3 is 0 Å². The fourth-order valence-electron chi connectivity index (χ4n) is 3.34. The van der Waals surface area contributed by atoms with Crippen LogP contribution in [0.1, 0.15) is 25.0 Å². The van der Waals surface area contributed by atoms with Crippen LogP contribution in [0.4, 0.5) is 0 Å². The van der Waals surface area contributed by atoms with Crippen LogP contribution in [0.5, 0.6) is 0 Å². The molecular weight excluding hydrogens is 258 g/mol. The molecule has 3 heteroatoms. The summed E-state index contributed by atoms with van der Waals surface area (Å²) in [6.45, 7) is 4.61. The third-order valence-electron chi connectivity index (χ3n) is 4.37. The van der Waals surface area contributed by atoms with E-state index in [4.69, 9.17) is 0 Å². The van der Waals surface area contributed by atoms with Crippen LogP contribution in [0, 0.1) is 0 Å². The van der Waals surface area contributed by atoms with Gasteiger partial charge in [-0.3, -0.25) is 10.1 Å². The molecule has 1 aliphatic rings. The number of hydrogen-bond acceptors (Lipinski definition) is 2. The monoisotopic (exact) mass is 275 g/mol. The van der Waals surface area contributed by atoms with Crippen LogP contribution in [0.2, 0.25) is 0 Å². The zero-order chi connectivity index (χ0) is 14.4. The average molecular weight is 275 g/mol. The molecule has 0 saturated heterocycles. The first kappa shape index (κ1) is 12.3. The third kappa shape index (κ3) is 1.81. The van der Waals surface area contributed by atoms with Crippen molar-refractivity contribution in [3.63, 3.8) is 0 Å². The van der Waals surface area contributed by atoms with Gasteiger partial charge in [-0.25, -0.2) is 0 Å². The lowest BCUT2D eigenvalue weighted by atomic mass is 9.71. The number of nitrogens with one attached hydrogen (secondary N) is 1. The highest BCUT2D eigenvalue weighted by Gasteiger charge is 2.33. The van der Waals surface area contributed by atoms with Gasteiger partial charge in [-0.05, 0) is 29.5 Å². The molecular formula is C18H17N3. The van der Waals surface area contributed by atoms with Gasteiger partial charge in [0.15, 0.2) is 0 Å². The van der Waals surface area contributed by atoms with E-state index in [9.17, 15) is 0 Å². The molecule has 0 bridgehead atoms. The van der Waals surface area contributed by atoms with Gasteiger partial charge in [-0.15, -0.1) is 0 Å². The first-order chi connectivity index (χ1) is 10.2. The Balaban J connectivity index is 1.96. The summed E-state index contributed by atoms with van der Waals surface area (Å²) in [5.74, 6) is 0. The summed E-state index contributed by atoms with van der Waals surface area (Å²) < 4.78 is 0. The molecule has 1 aliphatic carbocycles. The van der Waals surface area contributed by atoms with Crippen molar-refractivity contribution in [3.05, 3.63) is 59.9 Å². The zero-order valence-electron chi connectivity index (χ0n) is 12.2. The Morgan fingerprint density at radius 3 is 2.62 bits per heavy atom. The van der Waals surface area contributed by atoms with Crippen LogP contribution in [-0.4, -0.2) is 15.2 Å². The van der Waals surface area contributed by atoms with E-state index in [1.165, 1.54) is 16.7 Å². The van der Waals surface area contributed by atoms with Crippen molar-refractivity contribution in [2.75, 3.05) is 0 Å². The van der Waals surface area contributed by atoms with Gasteiger partial charge in [-0.1, -0.05) is 38.1 Å². The summed E-state index contributed by atoms with van der Waals surface area (Å²) >= 11 is 0. The fourth-order valence-corrected chi connectivity index (χ4v) is 3.34. The Morgan fingerprint density at radius 1 is 1.05 bits per heavy atom. The van der Waals surface area contributed by atoms with Gasteiger partial charge in [0.05, 0.1) is 11.4 Å². The summed E-state index contributed by atoms with van der Waals surface area (Å²) in [7, 11) is 0. The number of fused-ring (bicyclic) bond motifs is 3. The van der Waals surface area contributed by atoms with E-state index in [-0.39, 0.29) is 5.41 Å². The van der Waals surface area contributed by atoms with E-state index in [0.717, 1.165) is 23.4 Å². The van der Waals surface area contributed by atoms with Crippen LogP contribution in [-0.2, 0) is 11.8 Å². The van der Waals surface area contributed by atoms with Gasteiger partial charge in [0.1, 0.15) is 0 Å². The third-order valence-corrected chi connectivity index (χ3v) is 4.37. The quantitative estimate of drug-likeness (QED) is 0.730. The molecule has 1 aromatic carbocycles. The van der Waals surface area contributed by atoms with E-state index in [2.05, 4.69) is 53.3 Å². The Kier molecular flexibility index (Phi) is 2.52. The predicted molar refractivity (Wildman–Crippen MR) is 84.0 cm³/mol. The average Bonchev–Trinajstić information content (AvgIpc) is 2.91. The Morgan fingerprint density at radius 2 is 1.81 bits per heavy atom. The number of pyridine rings is 1. The van der Waals surface area contributed by atoms with Crippen molar-refractivity contribution in [3.8, 4) is 22.5 Å². The van der Waals surface area contributed by atoms with Crippen LogP contribution >= 0.6 is 0 Å². The zero-order valence-corrected chi connectivity index (χ0v) is 12.2. The highest BCUT2D eigenvalue weighted by molar-refractivity contribution is 5.78. The lowest BCUT2D eigenvalue weighted by Crippen LogP contribution is -2.25. The minimum Gasteiger partial charge on any atom is -0.277 e. The van der Waals surface area contributed by atoms with Crippen molar-refractivity contribution in [1.82, 2.24) is 15.2 Å². The lowest BCUT2D eigenvalue weighted by molar-refractivity contribution is 0.518. The summed E-state index contributed by atoms with van der Waals surface area (Å²) in [5, 5.41) is 7.83. The molecule has 104 valence electrons. The van der Waals surface area contributed by atoms with Crippen LogP contribution in [0.25, 0.3) is 22.5 Å². The largest absolute Gasteiger partial charge is 0.277 e. The van der Waals surface area contributed by atoms with E-state index >= 15 is 0 Å². The molecule has 0 atom stereocenters. The molecule has 21 heavy (non-hydrogen) atoms. The number of aromatic nitrogens is 3. The van der Waals surface area contributed by atoms with Crippen LogP contribution < -0.4 is 0 Å². The van der Waals surface area contributed by atoms with Gasteiger partial charge in [0.25, 0.3) is 0 Å². The molecule has 1 N–H and O–H groups in total. The number of rotatable bonds is 1. The van der Waals surface area contributed by atoms with Crippen molar-refractivity contribution >= 4 is 0 Å². The molecule has 0 amide bonds. The van der Waals surface area contributed by atoms with Crippen molar-refractivity contribution < 1.29 is 0 Å². The maximum atomic E-state index is 4.58. The van der Waals surface area contributed by atoms with E-state index in [0.29, 0.717) is 0 Å². The second kappa shape index (κ2) is 4.29. The maximum absolute atomic E-state index is 4.58. The normalized spacial score (nSPS) is 15.3. The highest BCUT2D eigenvalue weighted by Crippen LogP contribution is 2.44. The summed E-state index contributed by atoms with van der Waals surface area (Å²) in [6, 6.07) is 12.7. The minimum atomic E-state index is 0.120. The van der Waals surface area contributed by atoms with Crippen molar-refractivity contribution in [1.29, 1.82) is 0 Å². The molecule has 4 rings (SSSR count). The second-order valence-electron chi connectivity index (χ2n) is 6.27. The molecule has 0 saturated carbocycles. The van der Waals surface area contributed by atoms with E-state index < -0.39 is 0 Å². The molecule has 0 radical (unpaired) electrons. The van der Waals surface area contributed by atoms with Gasteiger partial charge >= 0.3 is 0 Å². The summed E-state index contributed by atoms with van der Waals surface area (Å²) in [6.07, 6.45) is 4.63. The standard InChI is InChI=1S/C18H17N3/c1-18(2)11-14-16(12-7-9-19-10-8-12)20-21-17(14)13-5-3-4-6-15(13)18/h3-10H,11H2,1-2H3,(H,20,21). The fraction of sp³-hybridized carbons (Fsp3) is 0.222. The predicted octanol–water partition coefficient (Wildman–Crippen LogP) is 3.97. The Bertz CT molecular complexity index is 787. The molecule has 2 aromatic heterocycles. The minimum absolute atomic E-state index is 0.120. The number of hydrogen-bond donors (Lipinski definition) is 1. The molecule has 3 aromatic rings. The molecule has 2 heterocycles. The first-order valence-electron chi connectivity index (χ1n) is 7.24. The Hall–Kier alpha value is -2.42. The Labute approximate surface area is 124 Å². The highest BCUT2D eigenvalue weighted by atomic mass is 15.1. The van der Waals surface area contributed by atoms with E-state index in [1.807, 2.05) is 24.5 Å². The summed E-state index contributed by atoms with van der Waals surface area (Å²) in [5.41, 5.74) is 7.43. The maximum Gasteiger partial charge on any atom is 0.0960 e. The van der Waals surface area contributed by atoms with Gasteiger partial charge in [-0.2, -0.15) is 5.10 Å². The lowest BCUT2D eigenvalue weighted by Gasteiger charge is -2.32. The number of benzene rings is 1. The van der Waals surface area contributed by atoms with Crippen molar-refractivity contribution in [2.45, 2.75) is 25.7 Å². The van der Waals surface area contributed by atoms with Crippen LogP contribution in [0.3, 0.4) is 0 Å². The molecule has 0 unspecified atom stereocenters. The molecule has 0 fully saturated rings. The second-order valence-corrected chi connectivity index (χ2v) is 6.27. The number of H-pyrrole nitrogens is 1. The van der Waals surface area contributed by atoms with Crippen molar-refractivity contribution in [2.24, 2.45) is 0 Å². The van der Waals surface area contributed by atoms with Gasteiger partial charge in [0, 0.05) is 29.1 Å². The van der Waals surface area contributed by atoms with Gasteiger partial charge in [0.2, 0.25) is 0 Å². The topological polar surface area (TPSA) is 41.6 Å². The molecule has 0 spiro atoms. The SMILES string of the molecule is CC1(C)Cc2c(-c3ccncc3)n[nH]c2-c2ccccc21. The molecule has 3 nitrogen and oxygen atoms in total. The number of nitrogens with zero attached hydrogens (tertiary/aromatic N) is 2. The molecule has 0 aliphatic heterocycles.